The lowest BCUT2D eigenvalue weighted by Crippen LogP contribution is -2.40. The Bertz CT molecular complexity index is 191. The predicted molar refractivity (Wildman–Crippen MR) is 47.8 cm³/mol. The van der Waals surface area contributed by atoms with Crippen LogP contribution in [0.4, 0.5) is 13.2 Å². The van der Waals surface area contributed by atoms with Crippen LogP contribution in [-0.4, -0.2) is 30.1 Å². The van der Waals surface area contributed by atoms with Crippen LogP contribution in [-0.2, 0) is 4.79 Å². The fourth-order valence-electron chi connectivity index (χ4n) is 1.03. The summed E-state index contributed by atoms with van der Waals surface area (Å²) in [4.78, 5) is 11.7. The standard InChI is InChI=1S/C9H16F3NO/c1-4-7(2)5-13(8(3)14)6-9(10,11)12/h7H,4-6H2,1-3H3. The smallest absolute Gasteiger partial charge is 0.334 e. The monoisotopic (exact) mass is 211 g/mol. The van der Waals surface area contributed by atoms with Gasteiger partial charge in [-0.25, -0.2) is 0 Å². The van der Waals surface area contributed by atoms with Gasteiger partial charge in [0.1, 0.15) is 6.54 Å². The van der Waals surface area contributed by atoms with Crippen molar-refractivity contribution >= 4 is 5.91 Å². The molecule has 0 saturated heterocycles. The Balaban J connectivity index is 4.24. The lowest BCUT2D eigenvalue weighted by atomic mass is 10.1. The molecule has 1 unspecified atom stereocenters. The summed E-state index contributed by atoms with van der Waals surface area (Å²) in [5.41, 5.74) is 0. The lowest BCUT2D eigenvalue weighted by Gasteiger charge is -2.25. The second kappa shape index (κ2) is 5.22. The van der Waals surface area contributed by atoms with Gasteiger partial charge in [-0.15, -0.1) is 0 Å². The Labute approximate surface area is 82.1 Å². The summed E-state index contributed by atoms with van der Waals surface area (Å²) in [7, 11) is 0. The topological polar surface area (TPSA) is 20.3 Å². The molecule has 0 heterocycles. The molecule has 1 atom stereocenters. The molecular weight excluding hydrogens is 195 g/mol. The molecule has 0 spiro atoms. The third kappa shape index (κ3) is 5.83. The van der Waals surface area contributed by atoms with Crippen molar-refractivity contribution in [3.8, 4) is 0 Å². The van der Waals surface area contributed by atoms with Gasteiger partial charge in [0.25, 0.3) is 0 Å². The molecule has 0 bridgehead atoms. The molecule has 2 nitrogen and oxygen atoms in total. The van der Waals surface area contributed by atoms with Gasteiger partial charge in [0.05, 0.1) is 0 Å². The quantitative estimate of drug-likeness (QED) is 0.699. The first-order valence-electron chi connectivity index (χ1n) is 4.58. The minimum absolute atomic E-state index is 0.0984. The molecule has 0 saturated carbocycles. The SMILES string of the molecule is CCC(C)CN(CC(F)(F)F)C(C)=O. The normalized spacial score (nSPS) is 13.9. The zero-order valence-corrected chi connectivity index (χ0v) is 8.69. The van der Waals surface area contributed by atoms with Crippen LogP contribution in [0.3, 0.4) is 0 Å². The molecule has 5 heteroatoms. The molecule has 0 rings (SSSR count). The second-order valence-corrected chi connectivity index (χ2v) is 3.53. The summed E-state index contributed by atoms with van der Waals surface area (Å²) in [5.74, 6) is -0.427. The van der Waals surface area contributed by atoms with Gasteiger partial charge in [-0.1, -0.05) is 20.3 Å². The highest BCUT2D eigenvalue weighted by Gasteiger charge is 2.32. The van der Waals surface area contributed by atoms with Crippen molar-refractivity contribution in [2.24, 2.45) is 5.92 Å². The number of rotatable bonds is 4. The van der Waals surface area contributed by atoms with E-state index in [1.807, 2.05) is 13.8 Å². The van der Waals surface area contributed by atoms with E-state index >= 15 is 0 Å². The lowest BCUT2D eigenvalue weighted by molar-refractivity contribution is -0.160. The first-order valence-corrected chi connectivity index (χ1v) is 4.58. The van der Waals surface area contributed by atoms with E-state index in [4.69, 9.17) is 0 Å². The van der Waals surface area contributed by atoms with Crippen LogP contribution < -0.4 is 0 Å². The van der Waals surface area contributed by atoms with Gasteiger partial charge in [0.2, 0.25) is 5.91 Å². The Morgan fingerprint density at radius 3 is 2.21 bits per heavy atom. The van der Waals surface area contributed by atoms with E-state index < -0.39 is 18.6 Å². The van der Waals surface area contributed by atoms with Crippen molar-refractivity contribution in [1.82, 2.24) is 4.90 Å². The molecule has 1 amide bonds. The van der Waals surface area contributed by atoms with Gasteiger partial charge in [-0.05, 0) is 5.92 Å². The first-order chi connectivity index (χ1) is 6.26. The molecule has 0 N–H and O–H groups in total. The summed E-state index contributed by atoms with van der Waals surface area (Å²) >= 11 is 0. The number of hydrogen-bond donors (Lipinski definition) is 0. The van der Waals surface area contributed by atoms with Crippen LogP contribution >= 0.6 is 0 Å². The zero-order valence-electron chi connectivity index (χ0n) is 8.69. The zero-order chi connectivity index (χ0) is 11.4. The molecule has 0 aliphatic heterocycles. The Morgan fingerprint density at radius 1 is 1.43 bits per heavy atom. The molecule has 0 aliphatic carbocycles. The van der Waals surface area contributed by atoms with Crippen LogP contribution in [0.25, 0.3) is 0 Å². The van der Waals surface area contributed by atoms with Gasteiger partial charge in [0, 0.05) is 13.5 Å². The Hall–Kier alpha value is -0.740. The average molecular weight is 211 g/mol. The summed E-state index contributed by atoms with van der Waals surface area (Å²) < 4.78 is 36.1. The summed E-state index contributed by atoms with van der Waals surface area (Å²) in [5, 5.41) is 0. The first kappa shape index (κ1) is 13.3. The van der Waals surface area contributed by atoms with Gasteiger partial charge in [-0.3, -0.25) is 4.79 Å². The van der Waals surface area contributed by atoms with E-state index in [2.05, 4.69) is 0 Å². The van der Waals surface area contributed by atoms with E-state index in [-0.39, 0.29) is 12.5 Å². The van der Waals surface area contributed by atoms with Crippen LogP contribution in [0.2, 0.25) is 0 Å². The van der Waals surface area contributed by atoms with Crippen LogP contribution in [0.15, 0.2) is 0 Å². The van der Waals surface area contributed by atoms with Gasteiger partial charge < -0.3 is 4.90 Å². The molecule has 0 aromatic carbocycles. The van der Waals surface area contributed by atoms with Crippen molar-refractivity contribution in [3.63, 3.8) is 0 Å². The molecule has 14 heavy (non-hydrogen) atoms. The highest BCUT2D eigenvalue weighted by Crippen LogP contribution is 2.17. The molecule has 0 radical (unpaired) electrons. The van der Waals surface area contributed by atoms with Crippen molar-refractivity contribution in [2.75, 3.05) is 13.1 Å². The molecule has 0 aromatic rings. The predicted octanol–water partition coefficient (Wildman–Crippen LogP) is 2.44. The molecule has 0 fully saturated rings. The third-order valence-electron chi connectivity index (χ3n) is 2.04. The largest absolute Gasteiger partial charge is 0.406 e. The highest BCUT2D eigenvalue weighted by atomic mass is 19.4. The van der Waals surface area contributed by atoms with Crippen molar-refractivity contribution < 1.29 is 18.0 Å². The molecule has 0 aliphatic rings. The number of amides is 1. The minimum Gasteiger partial charge on any atom is -0.334 e. The average Bonchev–Trinajstić information content (AvgIpc) is 2.00. The molecular formula is C9H16F3NO. The fraction of sp³-hybridized carbons (Fsp3) is 0.889. The van der Waals surface area contributed by atoms with Crippen LogP contribution in [0.1, 0.15) is 27.2 Å². The third-order valence-corrected chi connectivity index (χ3v) is 2.04. The fourth-order valence-corrected chi connectivity index (χ4v) is 1.03. The Morgan fingerprint density at radius 2 is 1.93 bits per heavy atom. The van der Waals surface area contributed by atoms with Crippen LogP contribution in [0.5, 0.6) is 0 Å². The Kier molecular flexibility index (Phi) is 4.94. The van der Waals surface area contributed by atoms with E-state index in [9.17, 15) is 18.0 Å². The summed E-state index contributed by atoms with van der Waals surface area (Å²) in [6, 6.07) is 0. The van der Waals surface area contributed by atoms with Crippen LogP contribution in [0, 0.1) is 5.92 Å². The molecule has 84 valence electrons. The minimum atomic E-state index is -4.31. The number of hydrogen-bond acceptors (Lipinski definition) is 1. The van der Waals surface area contributed by atoms with Crippen molar-refractivity contribution in [3.05, 3.63) is 0 Å². The van der Waals surface area contributed by atoms with E-state index in [0.29, 0.717) is 0 Å². The van der Waals surface area contributed by atoms with Crippen molar-refractivity contribution in [1.29, 1.82) is 0 Å². The van der Waals surface area contributed by atoms with E-state index in [1.54, 1.807) is 0 Å². The second-order valence-electron chi connectivity index (χ2n) is 3.53. The number of carbonyl (C=O) groups excluding carboxylic acids is 1. The maximum absolute atomic E-state index is 12.0. The highest BCUT2D eigenvalue weighted by molar-refractivity contribution is 5.73. The summed E-state index contributed by atoms with van der Waals surface area (Å²) in [6.45, 7) is 3.90. The maximum Gasteiger partial charge on any atom is 0.406 e. The number of carbonyl (C=O) groups is 1. The molecule has 0 aromatic heterocycles. The van der Waals surface area contributed by atoms with E-state index in [1.165, 1.54) is 0 Å². The van der Waals surface area contributed by atoms with Crippen molar-refractivity contribution in [2.45, 2.75) is 33.4 Å². The van der Waals surface area contributed by atoms with Gasteiger partial charge >= 0.3 is 6.18 Å². The number of nitrogens with zero attached hydrogens (tertiary/aromatic N) is 1. The van der Waals surface area contributed by atoms with Gasteiger partial charge in [-0.2, -0.15) is 13.2 Å². The maximum atomic E-state index is 12.0. The number of halogens is 3. The number of alkyl halides is 3. The van der Waals surface area contributed by atoms with E-state index in [0.717, 1.165) is 18.2 Å². The summed E-state index contributed by atoms with van der Waals surface area (Å²) in [6.07, 6.45) is -3.54. The van der Waals surface area contributed by atoms with Gasteiger partial charge in [0.15, 0.2) is 0 Å².